The molecule has 1 saturated heterocycles. The Kier molecular flexibility index (Phi) is 6.04. The summed E-state index contributed by atoms with van der Waals surface area (Å²) < 4.78 is 0. The van der Waals surface area contributed by atoms with Gasteiger partial charge in [0.15, 0.2) is 0 Å². The highest BCUT2D eigenvalue weighted by Gasteiger charge is 2.29. The Bertz CT molecular complexity index is 826. The molecule has 144 valence electrons. The molecule has 0 aliphatic carbocycles. The Labute approximate surface area is 161 Å². The van der Waals surface area contributed by atoms with Crippen LogP contribution in [0.3, 0.4) is 0 Å². The molecular weight excluding hydrogens is 372 g/mol. The predicted molar refractivity (Wildman–Crippen MR) is 104 cm³/mol. The first-order chi connectivity index (χ1) is 13.0. The molecule has 0 amide bonds. The molecule has 2 aromatic rings. The Balaban J connectivity index is 1.89. The van der Waals surface area contributed by atoms with E-state index in [1.54, 1.807) is 12.1 Å². The average molecular weight is 393 g/mol. The van der Waals surface area contributed by atoms with Gasteiger partial charge in [-0.3, -0.25) is 15.0 Å². The molecule has 0 atom stereocenters. The number of aliphatic hydroxyl groups excluding tert-OH is 1. The lowest BCUT2D eigenvalue weighted by Crippen LogP contribution is -2.47. The summed E-state index contributed by atoms with van der Waals surface area (Å²) in [6.07, 6.45) is 1.32. The number of nitrogens with zero attached hydrogens (tertiary/aromatic N) is 5. The van der Waals surface area contributed by atoms with Crippen molar-refractivity contribution in [2.75, 3.05) is 49.5 Å². The van der Waals surface area contributed by atoms with Crippen molar-refractivity contribution >= 4 is 34.6 Å². The molecule has 1 aliphatic rings. The lowest BCUT2D eigenvalue weighted by molar-refractivity contribution is -0.383. The van der Waals surface area contributed by atoms with Crippen LogP contribution in [0.1, 0.15) is 5.56 Å². The molecule has 10 heteroatoms. The maximum Gasteiger partial charge on any atom is 0.353 e. The van der Waals surface area contributed by atoms with Crippen LogP contribution in [0.5, 0.6) is 0 Å². The van der Waals surface area contributed by atoms with Gasteiger partial charge in [-0.05, 0) is 24.6 Å². The van der Waals surface area contributed by atoms with Crippen molar-refractivity contribution < 1.29 is 10.0 Å². The number of anilines is 3. The fraction of sp³-hybridized carbons (Fsp3) is 0.412. The second-order valence-corrected chi connectivity index (χ2v) is 6.72. The van der Waals surface area contributed by atoms with Crippen molar-refractivity contribution in [1.82, 2.24) is 14.9 Å². The van der Waals surface area contributed by atoms with E-state index in [4.69, 9.17) is 16.7 Å². The molecule has 3 rings (SSSR count). The first kappa shape index (κ1) is 19.3. The fourth-order valence-corrected chi connectivity index (χ4v) is 3.21. The van der Waals surface area contributed by atoms with Crippen molar-refractivity contribution in [3.05, 3.63) is 45.2 Å². The van der Waals surface area contributed by atoms with E-state index in [2.05, 4.69) is 20.2 Å². The summed E-state index contributed by atoms with van der Waals surface area (Å²) in [7, 11) is 0. The number of aliphatic hydroxyl groups is 1. The number of β-amino-alcohol motifs (C(OH)–C–C–N with tert-alkyl or cyclic N) is 1. The van der Waals surface area contributed by atoms with Gasteiger partial charge in [0.25, 0.3) is 0 Å². The summed E-state index contributed by atoms with van der Waals surface area (Å²) in [6, 6.07) is 5.29. The molecule has 1 aromatic heterocycles. The van der Waals surface area contributed by atoms with E-state index in [1.807, 2.05) is 17.9 Å². The molecule has 27 heavy (non-hydrogen) atoms. The van der Waals surface area contributed by atoms with E-state index in [0.717, 1.165) is 5.56 Å². The molecule has 2 heterocycles. The van der Waals surface area contributed by atoms with Gasteiger partial charge < -0.3 is 15.3 Å². The van der Waals surface area contributed by atoms with Crippen molar-refractivity contribution in [2.24, 2.45) is 0 Å². The number of aryl methyl sites for hydroxylation is 1. The minimum absolute atomic E-state index is 0.0979. The fourth-order valence-electron chi connectivity index (χ4n) is 3.04. The zero-order valence-corrected chi connectivity index (χ0v) is 15.7. The van der Waals surface area contributed by atoms with E-state index >= 15 is 0 Å². The molecule has 0 spiro atoms. The summed E-state index contributed by atoms with van der Waals surface area (Å²) in [4.78, 5) is 23.6. The van der Waals surface area contributed by atoms with E-state index in [1.165, 1.54) is 6.33 Å². The zero-order valence-electron chi connectivity index (χ0n) is 14.9. The first-order valence-electron chi connectivity index (χ1n) is 8.60. The number of nitrogens with one attached hydrogen (secondary N) is 1. The zero-order chi connectivity index (χ0) is 19.4. The highest BCUT2D eigenvalue weighted by Crippen LogP contribution is 2.35. The Hall–Kier alpha value is -2.49. The van der Waals surface area contributed by atoms with Crippen molar-refractivity contribution in [1.29, 1.82) is 0 Å². The Morgan fingerprint density at radius 2 is 2.04 bits per heavy atom. The maximum absolute atomic E-state index is 11.8. The number of hydrogen-bond donors (Lipinski definition) is 2. The lowest BCUT2D eigenvalue weighted by Gasteiger charge is -2.34. The number of rotatable bonds is 6. The normalized spacial score (nSPS) is 15.0. The minimum Gasteiger partial charge on any atom is -0.395 e. The highest BCUT2D eigenvalue weighted by molar-refractivity contribution is 6.30. The van der Waals surface area contributed by atoms with Crippen LogP contribution in [0.25, 0.3) is 0 Å². The molecule has 0 radical (unpaired) electrons. The number of aromatic nitrogens is 2. The molecule has 0 unspecified atom stereocenters. The van der Waals surface area contributed by atoms with Gasteiger partial charge in [0.2, 0.25) is 11.6 Å². The number of hydrogen-bond acceptors (Lipinski definition) is 8. The van der Waals surface area contributed by atoms with Crippen LogP contribution >= 0.6 is 11.6 Å². The van der Waals surface area contributed by atoms with Gasteiger partial charge in [-0.15, -0.1) is 0 Å². The van der Waals surface area contributed by atoms with Gasteiger partial charge in [-0.1, -0.05) is 17.7 Å². The van der Waals surface area contributed by atoms with E-state index in [9.17, 15) is 10.1 Å². The summed E-state index contributed by atoms with van der Waals surface area (Å²) >= 11 is 6.04. The molecule has 0 bridgehead atoms. The third kappa shape index (κ3) is 4.44. The lowest BCUT2D eigenvalue weighted by atomic mass is 10.2. The third-order valence-corrected chi connectivity index (χ3v) is 4.76. The van der Waals surface area contributed by atoms with Gasteiger partial charge >= 0.3 is 5.69 Å². The molecule has 2 N–H and O–H groups in total. The molecule has 1 aromatic carbocycles. The number of piperazine rings is 1. The average Bonchev–Trinajstić information content (AvgIpc) is 2.65. The van der Waals surface area contributed by atoms with Gasteiger partial charge in [-0.2, -0.15) is 0 Å². The van der Waals surface area contributed by atoms with E-state index < -0.39 is 4.92 Å². The summed E-state index contributed by atoms with van der Waals surface area (Å²) in [5.41, 5.74) is 1.39. The van der Waals surface area contributed by atoms with Crippen molar-refractivity contribution in [3.63, 3.8) is 0 Å². The topological polar surface area (TPSA) is 108 Å². The Morgan fingerprint density at radius 1 is 1.30 bits per heavy atom. The largest absolute Gasteiger partial charge is 0.395 e. The second kappa shape index (κ2) is 8.47. The first-order valence-corrected chi connectivity index (χ1v) is 8.98. The minimum atomic E-state index is -0.461. The van der Waals surface area contributed by atoms with Crippen LogP contribution in [-0.2, 0) is 0 Å². The number of halogens is 1. The van der Waals surface area contributed by atoms with Crippen LogP contribution in [0, 0.1) is 17.0 Å². The van der Waals surface area contributed by atoms with Gasteiger partial charge in [0, 0.05) is 43.4 Å². The summed E-state index contributed by atoms with van der Waals surface area (Å²) in [5.74, 6) is 0.425. The smallest absolute Gasteiger partial charge is 0.353 e. The molecular formula is C17H21ClN6O3. The van der Waals surface area contributed by atoms with E-state index in [-0.39, 0.29) is 18.1 Å². The van der Waals surface area contributed by atoms with Crippen LogP contribution in [0.15, 0.2) is 24.5 Å². The number of benzene rings is 1. The van der Waals surface area contributed by atoms with E-state index in [0.29, 0.717) is 49.3 Å². The monoisotopic (exact) mass is 392 g/mol. The molecule has 9 nitrogen and oxygen atoms in total. The van der Waals surface area contributed by atoms with Crippen molar-refractivity contribution in [3.8, 4) is 0 Å². The number of nitro groups is 1. The maximum atomic E-state index is 11.8. The van der Waals surface area contributed by atoms with Crippen LogP contribution in [0.2, 0.25) is 5.02 Å². The third-order valence-electron chi connectivity index (χ3n) is 4.53. The van der Waals surface area contributed by atoms with Gasteiger partial charge in [-0.25, -0.2) is 9.97 Å². The van der Waals surface area contributed by atoms with Crippen LogP contribution < -0.4 is 10.2 Å². The van der Waals surface area contributed by atoms with Crippen LogP contribution in [0.4, 0.5) is 23.0 Å². The van der Waals surface area contributed by atoms with Crippen molar-refractivity contribution in [2.45, 2.75) is 6.92 Å². The summed E-state index contributed by atoms with van der Waals surface area (Å²) in [6.45, 7) is 5.17. The molecule has 0 saturated carbocycles. The standard InChI is InChI=1S/C17H21ClN6O3/c1-12-2-3-13(18)10-14(12)21-16-15(24(26)27)17(20-11-19-16)23-6-4-22(5-7-23)8-9-25/h2-3,10-11,25H,4-9H2,1H3,(H,19,20,21). The van der Waals surface area contributed by atoms with Gasteiger partial charge in [0.05, 0.1) is 11.5 Å². The van der Waals surface area contributed by atoms with Gasteiger partial charge in [0.1, 0.15) is 6.33 Å². The molecule has 1 fully saturated rings. The highest BCUT2D eigenvalue weighted by atomic mass is 35.5. The summed E-state index contributed by atoms with van der Waals surface area (Å²) in [5, 5.41) is 24.4. The second-order valence-electron chi connectivity index (χ2n) is 6.29. The van der Waals surface area contributed by atoms with Crippen LogP contribution in [-0.4, -0.2) is 64.2 Å². The SMILES string of the molecule is Cc1ccc(Cl)cc1Nc1ncnc(N2CCN(CCO)CC2)c1[N+](=O)[O-]. The quantitative estimate of drug-likeness (QED) is 0.569. The Morgan fingerprint density at radius 3 is 2.70 bits per heavy atom. The molecule has 1 aliphatic heterocycles. The predicted octanol–water partition coefficient (Wildman–Crippen LogP) is 2.20.